The van der Waals surface area contributed by atoms with Crippen LogP contribution in [0.2, 0.25) is 0 Å². The van der Waals surface area contributed by atoms with E-state index in [0.717, 1.165) is 61.9 Å². The molecule has 6 heteroatoms. The van der Waals surface area contributed by atoms with E-state index >= 15 is 0 Å². The van der Waals surface area contributed by atoms with Gasteiger partial charge in [-0.1, -0.05) is 6.07 Å². The molecule has 3 heterocycles. The number of hydrogen-bond acceptors (Lipinski definition) is 5. The third-order valence-corrected chi connectivity index (χ3v) is 4.98. The molecule has 6 nitrogen and oxygen atoms in total. The van der Waals surface area contributed by atoms with E-state index in [1.165, 1.54) is 11.3 Å². The van der Waals surface area contributed by atoms with Crippen LogP contribution in [-0.2, 0) is 19.4 Å². The zero-order valence-electron chi connectivity index (χ0n) is 15.4. The van der Waals surface area contributed by atoms with Crippen LogP contribution in [0.15, 0.2) is 36.8 Å². The van der Waals surface area contributed by atoms with E-state index in [1.54, 1.807) is 6.20 Å². The second-order valence-corrected chi connectivity index (χ2v) is 6.81. The summed E-state index contributed by atoms with van der Waals surface area (Å²) in [4.78, 5) is 20.6. The van der Waals surface area contributed by atoms with Crippen molar-refractivity contribution in [2.75, 3.05) is 18.5 Å². The molecule has 0 unspecified atom stereocenters. The Morgan fingerprint density at radius 3 is 2.81 bits per heavy atom. The molecular formula is C20H24N6. The number of pyridine rings is 1. The van der Waals surface area contributed by atoms with Crippen molar-refractivity contribution in [3.05, 3.63) is 53.9 Å². The maximum absolute atomic E-state index is 4.88. The van der Waals surface area contributed by atoms with Gasteiger partial charge >= 0.3 is 0 Å². The van der Waals surface area contributed by atoms with Gasteiger partial charge in [-0.15, -0.1) is 0 Å². The van der Waals surface area contributed by atoms with Gasteiger partial charge < -0.3 is 9.47 Å². The van der Waals surface area contributed by atoms with E-state index in [4.69, 9.17) is 9.97 Å². The highest BCUT2D eigenvalue weighted by molar-refractivity contribution is 5.58. The van der Waals surface area contributed by atoms with Gasteiger partial charge in [0.2, 0.25) is 0 Å². The highest BCUT2D eigenvalue weighted by atomic mass is 15.2. The van der Waals surface area contributed by atoms with Gasteiger partial charge in [-0.05, 0) is 44.7 Å². The Bertz CT molecular complexity index is 887. The lowest BCUT2D eigenvalue weighted by molar-refractivity contribution is 0.620. The Labute approximate surface area is 154 Å². The number of nitrogens with zero attached hydrogens (tertiary/aromatic N) is 6. The summed E-state index contributed by atoms with van der Waals surface area (Å²) < 4.78 is 2.19. The Balaban J connectivity index is 1.55. The summed E-state index contributed by atoms with van der Waals surface area (Å²) in [5.41, 5.74) is 3.34. The molecule has 26 heavy (non-hydrogen) atoms. The maximum Gasteiger partial charge on any atom is 0.180 e. The monoisotopic (exact) mass is 348 g/mol. The Morgan fingerprint density at radius 2 is 2.04 bits per heavy atom. The summed E-state index contributed by atoms with van der Waals surface area (Å²) in [5, 5.41) is 0. The highest BCUT2D eigenvalue weighted by Crippen LogP contribution is 2.30. The summed E-state index contributed by atoms with van der Waals surface area (Å²) in [6.45, 7) is 3.96. The third kappa shape index (κ3) is 3.31. The maximum atomic E-state index is 4.88. The molecule has 0 aliphatic heterocycles. The topological polar surface area (TPSA) is 59.7 Å². The van der Waals surface area contributed by atoms with Gasteiger partial charge in [0.1, 0.15) is 17.3 Å². The number of hydrogen-bond donors (Lipinski definition) is 0. The van der Waals surface area contributed by atoms with E-state index < -0.39 is 0 Å². The number of aryl methyl sites for hydroxylation is 3. The minimum atomic E-state index is 0.735. The molecule has 0 saturated carbocycles. The molecule has 1 aliphatic carbocycles. The van der Waals surface area contributed by atoms with Crippen LogP contribution in [0.25, 0.3) is 11.5 Å². The summed E-state index contributed by atoms with van der Waals surface area (Å²) >= 11 is 0. The Hall–Kier alpha value is -2.76. The first-order valence-electron chi connectivity index (χ1n) is 9.22. The fraction of sp³-hybridized carbons (Fsp3) is 0.400. The number of anilines is 1. The van der Waals surface area contributed by atoms with E-state index in [-0.39, 0.29) is 0 Å². The molecule has 0 N–H and O–H groups in total. The fourth-order valence-corrected chi connectivity index (χ4v) is 3.56. The SMILES string of the molecule is Cc1nccn1CCCN(C)c1nc(-c2ccccn2)nc2c1CCC2. The highest BCUT2D eigenvalue weighted by Gasteiger charge is 2.22. The van der Waals surface area contributed by atoms with E-state index in [1.807, 2.05) is 37.5 Å². The van der Waals surface area contributed by atoms with Crippen LogP contribution in [0.3, 0.4) is 0 Å². The zero-order chi connectivity index (χ0) is 17.9. The van der Waals surface area contributed by atoms with Crippen molar-refractivity contribution in [2.24, 2.45) is 0 Å². The van der Waals surface area contributed by atoms with Gasteiger partial charge in [-0.2, -0.15) is 0 Å². The van der Waals surface area contributed by atoms with Crippen LogP contribution < -0.4 is 4.90 Å². The van der Waals surface area contributed by atoms with Gasteiger partial charge in [0.25, 0.3) is 0 Å². The molecule has 0 radical (unpaired) electrons. The molecule has 0 spiro atoms. The fourth-order valence-electron chi connectivity index (χ4n) is 3.56. The molecule has 4 rings (SSSR count). The summed E-state index contributed by atoms with van der Waals surface area (Å²) in [5.74, 6) is 2.86. The van der Waals surface area contributed by atoms with Crippen molar-refractivity contribution in [3.63, 3.8) is 0 Å². The normalized spacial score (nSPS) is 13.0. The van der Waals surface area contributed by atoms with E-state index in [0.29, 0.717) is 0 Å². The number of fused-ring (bicyclic) bond motifs is 1. The molecular weight excluding hydrogens is 324 g/mol. The molecule has 0 bridgehead atoms. The van der Waals surface area contributed by atoms with Crippen LogP contribution >= 0.6 is 0 Å². The van der Waals surface area contributed by atoms with Crippen molar-refractivity contribution in [1.29, 1.82) is 0 Å². The minimum Gasteiger partial charge on any atom is -0.359 e. The molecule has 3 aromatic heterocycles. The van der Waals surface area contributed by atoms with Gasteiger partial charge in [0.05, 0.1) is 0 Å². The quantitative estimate of drug-likeness (QED) is 0.685. The molecule has 134 valence electrons. The van der Waals surface area contributed by atoms with E-state index in [2.05, 4.69) is 26.5 Å². The Kier molecular flexibility index (Phi) is 4.65. The summed E-state index contributed by atoms with van der Waals surface area (Å²) in [6.07, 6.45) is 10.00. The lowest BCUT2D eigenvalue weighted by Gasteiger charge is -2.22. The van der Waals surface area contributed by atoms with Crippen LogP contribution in [0.1, 0.15) is 29.9 Å². The number of rotatable bonds is 6. The molecule has 0 atom stereocenters. The smallest absolute Gasteiger partial charge is 0.180 e. The average Bonchev–Trinajstić information content (AvgIpc) is 3.30. The van der Waals surface area contributed by atoms with E-state index in [9.17, 15) is 0 Å². The molecule has 3 aromatic rings. The second-order valence-electron chi connectivity index (χ2n) is 6.81. The van der Waals surface area contributed by atoms with Crippen molar-refractivity contribution in [3.8, 4) is 11.5 Å². The molecule has 1 aliphatic rings. The predicted octanol–water partition coefficient (Wildman–Crippen LogP) is 3.06. The predicted molar refractivity (Wildman–Crippen MR) is 102 cm³/mol. The molecule has 0 aromatic carbocycles. The van der Waals surface area contributed by atoms with Crippen molar-refractivity contribution in [1.82, 2.24) is 24.5 Å². The van der Waals surface area contributed by atoms with Crippen LogP contribution in [0.4, 0.5) is 5.82 Å². The van der Waals surface area contributed by atoms with Crippen molar-refractivity contribution < 1.29 is 0 Å². The lowest BCUT2D eigenvalue weighted by atomic mass is 10.2. The minimum absolute atomic E-state index is 0.735. The van der Waals surface area contributed by atoms with Gasteiger partial charge in [0.15, 0.2) is 5.82 Å². The van der Waals surface area contributed by atoms with Crippen molar-refractivity contribution >= 4 is 5.82 Å². The number of imidazole rings is 1. The largest absolute Gasteiger partial charge is 0.359 e. The average molecular weight is 348 g/mol. The van der Waals surface area contributed by atoms with Crippen LogP contribution in [-0.4, -0.2) is 38.1 Å². The second kappa shape index (κ2) is 7.23. The van der Waals surface area contributed by atoms with Crippen molar-refractivity contribution in [2.45, 2.75) is 39.2 Å². The lowest BCUT2D eigenvalue weighted by Crippen LogP contribution is -2.23. The van der Waals surface area contributed by atoms with Gasteiger partial charge in [-0.3, -0.25) is 4.98 Å². The first-order chi connectivity index (χ1) is 12.7. The zero-order valence-corrected chi connectivity index (χ0v) is 15.4. The van der Waals surface area contributed by atoms with Crippen LogP contribution in [0.5, 0.6) is 0 Å². The molecule has 0 amide bonds. The standard InChI is InChI=1S/C20H24N6/c1-15-21-11-14-26(15)13-6-12-25(2)20-16-7-5-9-17(16)23-19(24-20)18-8-3-4-10-22-18/h3-4,8,10-11,14H,5-7,9,12-13H2,1-2H3. The summed E-state index contributed by atoms with van der Waals surface area (Å²) in [7, 11) is 2.13. The molecule has 0 saturated heterocycles. The van der Waals surface area contributed by atoms with Gasteiger partial charge in [0, 0.05) is 50.0 Å². The molecule has 0 fully saturated rings. The summed E-state index contributed by atoms with van der Waals surface area (Å²) in [6, 6.07) is 5.88. The number of aromatic nitrogens is 5. The first kappa shape index (κ1) is 16.7. The first-order valence-corrected chi connectivity index (χ1v) is 9.22. The third-order valence-electron chi connectivity index (χ3n) is 4.98. The Morgan fingerprint density at radius 1 is 1.12 bits per heavy atom. The van der Waals surface area contributed by atoms with Crippen LogP contribution in [0, 0.1) is 6.92 Å². The van der Waals surface area contributed by atoms with Gasteiger partial charge in [-0.25, -0.2) is 15.0 Å².